The van der Waals surface area contributed by atoms with Crippen molar-refractivity contribution in [3.05, 3.63) is 58.7 Å². The van der Waals surface area contributed by atoms with Gasteiger partial charge in [-0.25, -0.2) is 4.79 Å². The largest absolute Gasteiger partial charge is 0.476 e. The zero-order valence-corrected chi connectivity index (χ0v) is 12.9. The average molecular weight is 343 g/mol. The van der Waals surface area contributed by atoms with E-state index in [1.54, 1.807) is 42.5 Å². The summed E-state index contributed by atoms with van der Waals surface area (Å²) in [6.07, 6.45) is 0. The second-order valence-electron chi connectivity index (χ2n) is 4.98. The number of nitrogens with one attached hydrogen (secondary N) is 1. The van der Waals surface area contributed by atoms with Crippen molar-refractivity contribution in [1.29, 1.82) is 0 Å². The van der Waals surface area contributed by atoms with Crippen LogP contribution in [0.15, 0.2) is 42.5 Å². The molecular weight excluding hydrogens is 332 g/mol. The van der Waals surface area contributed by atoms with Gasteiger partial charge < -0.3 is 10.8 Å². The molecule has 24 heavy (non-hydrogen) atoms. The SMILES string of the molecule is NC(=O)c1ccc(-c2ccc(-c3nn[nH]c3C(=O)O)cc2)cc1Cl. The third-order valence-corrected chi connectivity index (χ3v) is 3.80. The van der Waals surface area contributed by atoms with E-state index in [-0.39, 0.29) is 22.0 Å². The van der Waals surface area contributed by atoms with Crippen LogP contribution >= 0.6 is 11.6 Å². The van der Waals surface area contributed by atoms with Crippen LogP contribution in [0.4, 0.5) is 0 Å². The Morgan fingerprint density at radius 3 is 2.25 bits per heavy atom. The predicted octanol–water partition coefficient (Wildman–Crippen LogP) is 2.59. The Bertz CT molecular complexity index is 935. The Labute approximate surface area is 141 Å². The van der Waals surface area contributed by atoms with Gasteiger partial charge in [0.2, 0.25) is 5.91 Å². The van der Waals surface area contributed by atoms with Gasteiger partial charge in [-0.1, -0.05) is 47.1 Å². The minimum absolute atomic E-state index is 0.0726. The topological polar surface area (TPSA) is 122 Å². The Kier molecular flexibility index (Phi) is 4.01. The average Bonchev–Trinajstić information content (AvgIpc) is 3.04. The Morgan fingerprint density at radius 2 is 1.67 bits per heavy atom. The van der Waals surface area contributed by atoms with Gasteiger partial charge in [-0.3, -0.25) is 9.89 Å². The molecule has 0 aliphatic heterocycles. The number of aromatic carboxylic acids is 1. The molecular formula is C16H11ClN4O3. The molecule has 1 amide bonds. The van der Waals surface area contributed by atoms with E-state index in [0.29, 0.717) is 5.56 Å². The van der Waals surface area contributed by atoms with E-state index in [1.807, 2.05) is 0 Å². The number of carbonyl (C=O) groups is 2. The summed E-state index contributed by atoms with van der Waals surface area (Å²) in [4.78, 5) is 22.3. The summed E-state index contributed by atoms with van der Waals surface area (Å²) in [5, 5.41) is 19.0. The van der Waals surface area contributed by atoms with Crippen molar-refractivity contribution in [2.45, 2.75) is 0 Å². The van der Waals surface area contributed by atoms with Gasteiger partial charge in [-0.05, 0) is 23.3 Å². The van der Waals surface area contributed by atoms with Crippen molar-refractivity contribution < 1.29 is 14.7 Å². The Hall–Kier alpha value is -3.19. The number of benzene rings is 2. The lowest BCUT2D eigenvalue weighted by Gasteiger charge is -2.06. The minimum Gasteiger partial charge on any atom is -0.476 e. The van der Waals surface area contributed by atoms with Crippen LogP contribution in [-0.4, -0.2) is 32.4 Å². The minimum atomic E-state index is -1.13. The third-order valence-electron chi connectivity index (χ3n) is 3.49. The van der Waals surface area contributed by atoms with Gasteiger partial charge in [0, 0.05) is 5.56 Å². The Balaban J connectivity index is 1.95. The fourth-order valence-electron chi connectivity index (χ4n) is 2.29. The zero-order valence-electron chi connectivity index (χ0n) is 12.2. The van der Waals surface area contributed by atoms with Crippen LogP contribution < -0.4 is 5.73 Å². The second-order valence-corrected chi connectivity index (χ2v) is 5.38. The maximum Gasteiger partial charge on any atom is 0.356 e. The lowest BCUT2D eigenvalue weighted by Crippen LogP contribution is -2.11. The number of halogens is 1. The van der Waals surface area contributed by atoms with E-state index in [1.165, 1.54) is 0 Å². The number of hydrogen-bond acceptors (Lipinski definition) is 4. The van der Waals surface area contributed by atoms with Crippen molar-refractivity contribution in [1.82, 2.24) is 15.4 Å². The lowest BCUT2D eigenvalue weighted by molar-refractivity contribution is 0.0691. The molecule has 2 aromatic carbocycles. The number of rotatable bonds is 4. The third kappa shape index (κ3) is 2.84. The number of carbonyl (C=O) groups excluding carboxylic acids is 1. The maximum atomic E-state index is 11.2. The van der Waals surface area contributed by atoms with Gasteiger partial charge in [-0.15, -0.1) is 5.10 Å². The van der Waals surface area contributed by atoms with Crippen LogP contribution in [0.5, 0.6) is 0 Å². The molecule has 0 spiro atoms. The summed E-state index contributed by atoms with van der Waals surface area (Å²) in [5.41, 5.74) is 7.93. The number of hydrogen-bond donors (Lipinski definition) is 3. The molecule has 4 N–H and O–H groups in total. The fraction of sp³-hybridized carbons (Fsp3) is 0. The highest BCUT2D eigenvalue weighted by atomic mass is 35.5. The molecule has 0 saturated heterocycles. The molecule has 8 heteroatoms. The molecule has 0 bridgehead atoms. The normalized spacial score (nSPS) is 10.5. The number of carboxylic acids is 1. The van der Waals surface area contributed by atoms with Crippen LogP contribution in [0.1, 0.15) is 20.8 Å². The van der Waals surface area contributed by atoms with E-state index in [4.69, 9.17) is 22.4 Å². The van der Waals surface area contributed by atoms with Gasteiger partial charge >= 0.3 is 5.97 Å². The van der Waals surface area contributed by atoms with Crippen molar-refractivity contribution in [2.75, 3.05) is 0 Å². The van der Waals surface area contributed by atoms with Gasteiger partial charge in [0.15, 0.2) is 5.69 Å². The van der Waals surface area contributed by atoms with Gasteiger partial charge in [-0.2, -0.15) is 0 Å². The number of carboxylic acid groups (broad SMARTS) is 1. The van der Waals surface area contributed by atoms with E-state index in [2.05, 4.69) is 15.4 Å². The van der Waals surface area contributed by atoms with E-state index in [0.717, 1.165) is 11.1 Å². The molecule has 0 radical (unpaired) electrons. The van der Waals surface area contributed by atoms with Crippen molar-refractivity contribution in [2.24, 2.45) is 5.73 Å². The monoisotopic (exact) mass is 342 g/mol. The zero-order chi connectivity index (χ0) is 17.3. The molecule has 0 atom stereocenters. The first-order valence-corrected chi connectivity index (χ1v) is 7.19. The first kappa shape index (κ1) is 15.7. The number of aromatic nitrogens is 3. The Morgan fingerprint density at radius 1 is 1.04 bits per heavy atom. The smallest absolute Gasteiger partial charge is 0.356 e. The van der Waals surface area contributed by atoms with E-state index in [9.17, 15) is 9.59 Å². The summed E-state index contributed by atoms with van der Waals surface area (Å²) >= 11 is 6.05. The summed E-state index contributed by atoms with van der Waals surface area (Å²) in [6, 6.07) is 12.0. The highest BCUT2D eigenvalue weighted by molar-refractivity contribution is 6.34. The summed E-state index contributed by atoms with van der Waals surface area (Å²) < 4.78 is 0. The van der Waals surface area contributed by atoms with Crippen LogP contribution in [0, 0.1) is 0 Å². The quantitative estimate of drug-likeness (QED) is 0.672. The van der Waals surface area contributed by atoms with Gasteiger partial charge in [0.05, 0.1) is 10.6 Å². The summed E-state index contributed by atoms with van der Waals surface area (Å²) in [6.45, 7) is 0. The molecule has 120 valence electrons. The molecule has 3 aromatic rings. The summed E-state index contributed by atoms with van der Waals surface area (Å²) in [7, 11) is 0. The highest BCUT2D eigenvalue weighted by Crippen LogP contribution is 2.28. The van der Waals surface area contributed by atoms with Crippen LogP contribution in [0.2, 0.25) is 5.02 Å². The molecule has 7 nitrogen and oxygen atoms in total. The van der Waals surface area contributed by atoms with Crippen LogP contribution in [-0.2, 0) is 0 Å². The van der Waals surface area contributed by atoms with Gasteiger partial charge in [0.1, 0.15) is 5.69 Å². The standard InChI is InChI=1S/C16H11ClN4O3/c17-12-7-10(5-6-11(12)15(18)22)8-1-3-9(4-2-8)13-14(16(23)24)20-21-19-13/h1-7H,(H2,18,22)(H,23,24)(H,19,20,21). The van der Waals surface area contributed by atoms with Crippen molar-refractivity contribution >= 4 is 23.5 Å². The summed E-state index contributed by atoms with van der Waals surface area (Å²) in [5.74, 6) is -1.72. The van der Waals surface area contributed by atoms with Gasteiger partial charge in [0.25, 0.3) is 0 Å². The molecule has 3 rings (SSSR count). The first-order chi connectivity index (χ1) is 11.5. The number of H-pyrrole nitrogens is 1. The van der Waals surface area contributed by atoms with Crippen molar-refractivity contribution in [3.8, 4) is 22.4 Å². The fourth-order valence-corrected chi connectivity index (χ4v) is 2.57. The first-order valence-electron chi connectivity index (χ1n) is 6.82. The van der Waals surface area contributed by atoms with E-state index >= 15 is 0 Å². The number of amides is 1. The molecule has 0 fully saturated rings. The maximum absolute atomic E-state index is 11.2. The molecule has 0 aliphatic carbocycles. The van der Waals surface area contributed by atoms with Crippen molar-refractivity contribution in [3.63, 3.8) is 0 Å². The predicted molar refractivity (Wildman–Crippen MR) is 87.7 cm³/mol. The van der Waals surface area contributed by atoms with Crippen LogP contribution in [0.3, 0.4) is 0 Å². The number of nitrogens with zero attached hydrogens (tertiary/aromatic N) is 2. The molecule has 0 unspecified atom stereocenters. The van der Waals surface area contributed by atoms with E-state index < -0.39 is 11.9 Å². The number of aromatic amines is 1. The molecule has 0 aliphatic rings. The second kappa shape index (κ2) is 6.13. The molecule has 1 aromatic heterocycles. The lowest BCUT2D eigenvalue weighted by atomic mass is 10.0. The number of primary amides is 1. The molecule has 0 saturated carbocycles. The van der Waals surface area contributed by atoms with Crippen LogP contribution in [0.25, 0.3) is 22.4 Å². The highest BCUT2D eigenvalue weighted by Gasteiger charge is 2.16. The molecule has 1 heterocycles. The number of nitrogens with two attached hydrogens (primary N) is 1.